The number of anilines is 1. The van der Waals surface area contributed by atoms with Gasteiger partial charge in [-0.3, -0.25) is 0 Å². The molecule has 0 amide bonds. The summed E-state index contributed by atoms with van der Waals surface area (Å²) < 4.78 is 0. The van der Waals surface area contributed by atoms with Crippen molar-refractivity contribution < 1.29 is 0 Å². The standard InChI is InChI=1S/C17H28N2/c1-12-9-14(3)17(10-13(12)2)19(4)11-15-5-7-16(18)8-6-15/h9-10,15-16H,5-8,11,18H2,1-4H3. The van der Waals surface area contributed by atoms with E-state index in [4.69, 9.17) is 5.73 Å². The zero-order valence-electron chi connectivity index (χ0n) is 12.9. The zero-order valence-corrected chi connectivity index (χ0v) is 12.9. The molecule has 0 aromatic heterocycles. The van der Waals surface area contributed by atoms with Crippen molar-refractivity contribution in [3.63, 3.8) is 0 Å². The lowest BCUT2D eigenvalue weighted by Gasteiger charge is -2.31. The Morgan fingerprint density at radius 1 is 1.00 bits per heavy atom. The second-order valence-corrected chi connectivity index (χ2v) is 6.38. The number of nitrogens with two attached hydrogens (primary N) is 1. The number of hydrogen-bond donors (Lipinski definition) is 1. The van der Waals surface area contributed by atoms with E-state index < -0.39 is 0 Å². The smallest absolute Gasteiger partial charge is 0.0396 e. The van der Waals surface area contributed by atoms with Gasteiger partial charge in [-0.15, -0.1) is 0 Å². The van der Waals surface area contributed by atoms with Crippen LogP contribution in [0.15, 0.2) is 12.1 Å². The van der Waals surface area contributed by atoms with Crippen molar-refractivity contribution in [2.45, 2.75) is 52.5 Å². The van der Waals surface area contributed by atoms with E-state index in [9.17, 15) is 0 Å². The Kier molecular flexibility index (Phi) is 4.51. The highest BCUT2D eigenvalue weighted by atomic mass is 15.1. The van der Waals surface area contributed by atoms with Gasteiger partial charge in [0.1, 0.15) is 0 Å². The summed E-state index contributed by atoms with van der Waals surface area (Å²) in [7, 11) is 2.23. The molecule has 0 radical (unpaired) electrons. The van der Waals surface area contributed by atoms with Crippen LogP contribution in [-0.4, -0.2) is 19.6 Å². The molecular formula is C17H28N2. The molecule has 1 aromatic carbocycles. The molecule has 2 heteroatoms. The van der Waals surface area contributed by atoms with Crippen LogP contribution in [0.4, 0.5) is 5.69 Å². The van der Waals surface area contributed by atoms with E-state index in [0.717, 1.165) is 12.5 Å². The summed E-state index contributed by atoms with van der Waals surface area (Å²) in [5, 5.41) is 0. The molecule has 1 fully saturated rings. The Morgan fingerprint density at radius 2 is 1.58 bits per heavy atom. The Morgan fingerprint density at radius 3 is 2.21 bits per heavy atom. The fourth-order valence-corrected chi connectivity index (χ4v) is 3.21. The minimum Gasteiger partial charge on any atom is -0.374 e. The minimum atomic E-state index is 0.449. The highest BCUT2D eigenvalue weighted by Gasteiger charge is 2.20. The van der Waals surface area contributed by atoms with E-state index in [1.807, 2.05) is 0 Å². The lowest BCUT2D eigenvalue weighted by molar-refractivity contribution is 0.330. The maximum atomic E-state index is 5.99. The van der Waals surface area contributed by atoms with E-state index in [-0.39, 0.29) is 0 Å². The second kappa shape index (κ2) is 5.96. The number of nitrogens with zero attached hydrogens (tertiary/aromatic N) is 1. The van der Waals surface area contributed by atoms with Gasteiger partial charge in [0.2, 0.25) is 0 Å². The molecule has 1 saturated carbocycles. The Labute approximate surface area is 118 Å². The van der Waals surface area contributed by atoms with Gasteiger partial charge in [0.15, 0.2) is 0 Å². The van der Waals surface area contributed by atoms with Gasteiger partial charge in [-0.05, 0) is 75.1 Å². The van der Waals surface area contributed by atoms with Gasteiger partial charge in [-0.25, -0.2) is 0 Å². The molecule has 1 aromatic rings. The predicted octanol–water partition coefficient (Wildman–Crippen LogP) is 3.57. The second-order valence-electron chi connectivity index (χ2n) is 6.38. The molecule has 1 aliphatic rings. The molecule has 2 nitrogen and oxygen atoms in total. The third-order valence-electron chi connectivity index (χ3n) is 4.65. The summed E-state index contributed by atoms with van der Waals surface area (Å²) >= 11 is 0. The largest absolute Gasteiger partial charge is 0.374 e. The molecule has 1 aliphatic carbocycles. The van der Waals surface area contributed by atoms with Crippen molar-refractivity contribution >= 4 is 5.69 Å². The van der Waals surface area contributed by atoms with E-state index in [1.54, 1.807) is 0 Å². The number of hydrogen-bond acceptors (Lipinski definition) is 2. The summed E-state index contributed by atoms with van der Waals surface area (Å²) in [5.41, 5.74) is 11.5. The summed E-state index contributed by atoms with van der Waals surface area (Å²) in [6, 6.07) is 5.09. The van der Waals surface area contributed by atoms with Crippen LogP contribution in [0.2, 0.25) is 0 Å². The fraction of sp³-hybridized carbons (Fsp3) is 0.647. The first-order valence-corrected chi connectivity index (χ1v) is 7.52. The predicted molar refractivity (Wildman–Crippen MR) is 83.9 cm³/mol. The van der Waals surface area contributed by atoms with Gasteiger partial charge in [0.05, 0.1) is 0 Å². The van der Waals surface area contributed by atoms with Crippen molar-refractivity contribution in [3.8, 4) is 0 Å². The average Bonchev–Trinajstić information content (AvgIpc) is 2.36. The minimum absolute atomic E-state index is 0.449. The van der Waals surface area contributed by atoms with Crippen LogP contribution in [0, 0.1) is 26.7 Å². The Balaban J connectivity index is 2.03. The summed E-state index contributed by atoms with van der Waals surface area (Å²) in [6.45, 7) is 7.77. The number of benzene rings is 1. The molecule has 2 N–H and O–H groups in total. The van der Waals surface area contributed by atoms with Crippen molar-refractivity contribution in [3.05, 3.63) is 28.8 Å². The molecule has 0 aliphatic heterocycles. The quantitative estimate of drug-likeness (QED) is 0.900. The normalized spacial score (nSPS) is 23.4. The van der Waals surface area contributed by atoms with Crippen molar-refractivity contribution in [2.75, 3.05) is 18.5 Å². The van der Waals surface area contributed by atoms with E-state index in [1.165, 1.54) is 48.1 Å². The van der Waals surface area contributed by atoms with E-state index >= 15 is 0 Å². The van der Waals surface area contributed by atoms with Gasteiger partial charge >= 0.3 is 0 Å². The van der Waals surface area contributed by atoms with Crippen LogP contribution in [0.25, 0.3) is 0 Å². The van der Waals surface area contributed by atoms with Crippen LogP contribution in [0.5, 0.6) is 0 Å². The first-order chi connectivity index (χ1) is 8.97. The van der Waals surface area contributed by atoms with Crippen LogP contribution < -0.4 is 10.6 Å². The summed E-state index contributed by atoms with van der Waals surface area (Å²) in [5.74, 6) is 0.811. The molecule has 0 spiro atoms. The molecule has 0 atom stereocenters. The Bertz CT molecular complexity index is 431. The van der Waals surface area contributed by atoms with Crippen LogP contribution in [-0.2, 0) is 0 Å². The fourth-order valence-electron chi connectivity index (χ4n) is 3.21. The SMILES string of the molecule is Cc1cc(C)c(N(C)CC2CCC(N)CC2)cc1C. The third-order valence-corrected chi connectivity index (χ3v) is 4.65. The average molecular weight is 260 g/mol. The maximum Gasteiger partial charge on any atom is 0.0396 e. The number of aryl methyl sites for hydroxylation is 3. The molecule has 0 bridgehead atoms. The topological polar surface area (TPSA) is 29.3 Å². The van der Waals surface area contributed by atoms with Gasteiger partial charge < -0.3 is 10.6 Å². The van der Waals surface area contributed by atoms with E-state index in [0.29, 0.717) is 6.04 Å². The first-order valence-electron chi connectivity index (χ1n) is 7.52. The molecular weight excluding hydrogens is 232 g/mol. The van der Waals surface area contributed by atoms with Crippen LogP contribution in [0.3, 0.4) is 0 Å². The third kappa shape index (κ3) is 3.50. The van der Waals surface area contributed by atoms with Crippen molar-refractivity contribution in [1.29, 1.82) is 0 Å². The molecule has 106 valence electrons. The highest BCUT2D eigenvalue weighted by molar-refractivity contribution is 5.56. The van der Waals surface area contributed by atoms with Gasteiger partial charge in [-0.1, -0.05) is 6.07 Å². The Hall–Kier alpha value is -1.02. The lowest BCUT2D eigenvalue weighted by Crippen LogP contribution is -2.32. The van der Waals surface area contributed by atoms with Gasteiger partial charge in [0, 0.05) is 25.3 Å². The molecule has 0 saturated heterocycles. The molecule has 0 heterocycles. The first kappa shape index (κ1) is 14.4. The van der Waals surface area contributed by atoms with Crippen LogP contribution >= 0.6 is 0 Å². The van der Waals surface area contributed by atoms with Gasteiger partial charge in [-0.2, -0.15) is 0 Å². The summed E-state index contributed by atoms with van der Waals surface area (Å²) in [4.78, 5) is 2.43. The zero-order chi connectivity index (χ0) is 14.0. The maximum absolute atomic E-state index is 5.99. The number of rotatable bonds is 3. The van der Waals surface area contributed by atoms with Crippen molar-refractivity contribution in [2.24, 2.45) is 11.7 Å². The highest BCUT2D eigenvalue weighted by Crippen LogP contribution is 2.28. The van der Waals surface area contributed by atoms with Gasteiger partial charge in [0.25, 0.3) is 0 Å². The monoisotopic (exact) mass is 260 g/mol. The van der Waals surface area contributed by atoms with E-state index in [2.05, 4.69) is 44.9 Å². The molecule has 2 rings (SSSR count). The van der Waals surface area contributed by atoms with Crippen molar-refractivity contribution in [1.82, 2.24) is 0 Å². The molecule has 19 heavy (non-hydrogen) atoms. The molecule has 0 unspecified atom stereocenters. The van der Waals surface area contributed by atoms with Crippen LogP contribution in [0.1, 0.15) is 42.4 Å². The lowest BCUT2D eigenvalue weighted by atomic mass is 9.86. The summed E-state index contributed by atoms with van der Waals surface area (Å²) in [6.07, 6.45) is 4.97.